The first-order valence-electron chi connectivity index (χ1n) is 7.77. The predicted octanol–water partition coefficient (Wildman–Crippen LogP) is 2.69. The van der Waals surface area contributed by atoms with Crippen LogP contribution in [0.4, 0.5) is 0 Å². The van der Waals surface area contributed by atoms with Gasteiger partial charge in [0.15, 0.2) is 0 Å². The lowest BCUT2D eigenvalue weighted by atomic mass is 10.1. The molecule has 1 aliphatic carbocycles. The highest BCUT2D eigenvalue weighted by Crippen LogP contribution is 2.35. The third-order valence-electron chi connectivity index (χ3n) is 3.89. The number of aryl methyl sites for hydroxylation is 1. The number of ether oxygens (including phenoxy) is 1. The van der Waals surface area contributed by atoms with Crippen LogP contribution >= 0.6 is 11.3 Å². The quantitative estimate of drug-likeness (QED) is 0.883. The summed E-state index contributed by atoms with van der Waals surface area (Å²) in [6, 6.07) is 8.07. The Kier molecular flexibility index (Phi) is 4.63. The smallest absolute Gasteiger partial charge is 0.274 e. The Hall–Kier alpha value is -1.92. The fraction of sp³-hybridized carbons (Fsp3) is 0.412. The van der Waals surface area contributed by atoms with Crippen LogP contribution < -0.4 is 10.5 Å². The Morgan fingerprint density at radius 2 is 2.26 bits per heavy atom. The van der Waals surface area contributed by atoms with Gasteiger partial charge in [0.2, 0.25) is 0 Å². The van der Waals surface area contributed by atoms with E-state index in [4.69, 9.17) is 10.5 Å². The zero-order valence-corrected chi connectivity index (χ0v) is 14.2. The molecule has 3 rings (SSSR count). The van der Waals surface area contributed by atoms with Crippen molar-refractivity contribution >= 4 is 17.2 Å². The van der Waals surface area contributed by atoms with Crippen LogP contribution in [-0.2, 0) is 0 Å². The number of hydrogen-bond donors (Lipinski definition) is 1. The third-order valence-corrected chi connectivity index (χ3v) is 4.91. The van der Waals surface area contributed by atoms with Crippen molar-refractivity contribution in [3.63, 3.8) is 0 Å². The van der Waals surface area contributed by atoms with Gasteiger partial charge in [0.1, 0.15) is 11.4 Å². The highest BCUT2D eigenvalue weighted by atomic mass is 32.1. The van der Waals surface area contributed by atoms with Crippen molar-refractivity contribution in [2.24, 2.45) is 5.73 Å². The van der Waals surface area contributed by atoms with E-state index >= 15 is 0 Å². The zero-order chi connectivity index (χ0) is 16.4. The summed E-state index contributed by atoms with van der Waals surface area (Å²) >= 11 is 1.54. The van der Waals surface area contributed by atoms with E-state index in [0.717, 1.165) is 34.0 Å². The largest absolute Gasteiger partial charge is 0.497 e. The number of methoxy groups -OCH3 is 1. The topological polar surface area (TPSA) is 68.5 Å². The first kappa shape index (κ1) is 16.0. The van der Waals surface area contributed by atoms with Gasteiger partial charge in [0.25, 0.3) is 5.91 Å². The Labute approximate surface area is 140 Å². The molecule has 5 nitrogen and oxygen atoms in total. The van der Waals surface area contributed by atoms with Crippen LogP contribution in [0.2, 0.25) is 0 Å². The summed E-state index contributed by atoms with van der Waals surface area (Å²) < 4.78 is 5.29. The fourth-order valence-corrected chi connectivity index (χ4v) is 3.55. The van der Waals surface area contributed by atoms with Gasteiger partial charge in [-0.05, 0) is 37.5 Å². The van der Waals surface area contributed by atoms with Crippen molar-refractivity contribution in [3.05, 3.63) is 35.0 Å². The van der Waals surface area contributed by atoms with E-state index in [9.17, 15) is 4.79 Å². The molecule has 1 aliphatic rings. The second-order valence-corrected chi connectivity index (χ2v) is 6.86. The average Bonchev–Trinajstić information content (AvgIpc) is 3.33. The molecule has 0 aliphatic heterocycles. The molecule has 0 saturated heterocycles. The van der Waals surface area contributed by atoms with E-state index in [1.54, 1.807) is 7.11 Å². The number of aromatic nitrogens is 1. The van der Waals surface area contributed by atoms with Crippen LogP contribution in [-0.4, -0.2) is 42.0 Å². The fourth-order valence-electron chi connectivity index (χ4n) is 2.64. The van der Waals surface area contributed by atoms with Gasteiger partial charge in [-0.15, -0.1) is 11.3 Å². The van der Waals surface area contributed by atoms with E-state index < -0.39 is 0 Å². The number of benzene rings is 1. The lowest BCUT2D eigenvalue weighted by molar-refractivity contribution is 0.0743. The Bertz CT molecular complexity index is 710. The molecule has 1 aromatic heterocycles. The van der Waals surface area contributed by atoms with Crippen LogP contribution in [0.15, 0.2) is 24.3 Å². The Morgan fingerprint density at radius 1 is 1.48 bits per heavy atom. The number of carbonyl (C=O) groups excluding carboxylic acids is 1. The zero-order valence-electron chi connectivity index (χ0n) is 13.4. The normalized spacial score (nSPS) is 13.9. The molecule has 0 radical (unpaired) electrons. The van der Waals surface area contributed by atoms with Gasteiger partial charge in [-0.25, -0.2) is 4.98 Å². The maximum absolute atomic E-state index is 13.0. The van der Waals surface area contributed by atoms with Crippen molar-refractivity contribution in [2.75, 3.05) is 20.2 Å². The second kappa shape index (κ2) is 6.68. The molecule has 6 heteroatoms. The lowest BCUT2D eigenvalue weighted by Gasteiger charge is -2.21. The van der Waals surface area contributed by atoms with Crippen molar-refractivity contribution in [1.29, 1.82) is 0 Å². The summed E-state index contributed by atoms with van der Waals surface area (Å²) in [5.41, 5.74) is 7.16. The van der Waals surface area contributed by atoms with Crippen LogP contribution in [0, 0.1) is 6.92 Å². The number of nitrogens with two attached hydrogens (primary N) is 1. The van der Waals surface area contributed by atoms with Gasteiger partial charge in [-0.2, -0.15) is 0 Å². The van der Waals surface area contributed by atoms with Crippen molar-refractivity contribution < 1.29 is 9.53 Å². The molecule has 1 amide bonds. The minimum Gasteiger partial charge on any atom is -0.497 e. The SMILES string of the molecule is COc1cccc(-c2sc(C)nc2C(=O)N(CCN)C2CC2)c1. The summed E-state index contributed by atoms with van der Waals surface area (Å²) in [6.07, 6.45) is 2.12. The van der Waals surface area contributed by atoms with Crippen molar-refractivity contribution in [3.8, 4) is 16.2 Å². The van der Waals surface area contributed by atoms with Gasteiger partial charge < -0.3 is 15.4 Å². The predicted molar refractivity (Wildman–Crippen MR) is 92.0 cm³/mol. The van der Waals surface area contributed by atoms with Gasteiger partial charge in [-0.3, -0.25) is 4.79 Å². The number of amides is 1. The molecule has 0 spiro atoms. The first-order valence-corrected chi connectivity index (χ1v) is 8.58. The molecule has 1 fully saturated rings. The van der Waals surface area contributed by atoms with Gasteiger partial charge in [0, 0.05) is 19.1 Å². The molecule has 2 N–H and O–H groups in total. The van der Waals surface area contributed by atoms with Gasteiger partial charge in [0.05, 0.1) is 17.0 Å². The van der Waals surface area contributed by atoms with Crippen LogP contribution in [0.5, 0.6) is 5.75 Å². The molecular weight excluding hydrogens is 310 g/mol. The number of carbonyl (C=O) groups is 1. The van der Waals surface area contributed by atoms with E-state index in [2.05, 4.69) is 4.98 Å². The molecule has 1 aromatic carbocycles. The number of rotatable bonds is 6. The van der Waals surface area contributed by atoms with Gasteiger partial charge >= 0.3 is 0 Å². The van der Waals surface area contributed by atoms with Crippen molar-refractivity contribution in [2.45, 2.75) is 25.8 Å². The van der Waals surface area contributed by atoms with E-state index in [-0.39, 0.29) is 5.91 Å². The standard InChI is InChI=1S/C17H21N3O2S/c1-11-19-15(17(21)20(9-8-18)13-6-7-13)16(23-11)12-4-3-5-14(10-12)22-2/h3-5,10,13H,6-9,18H2,1-2H3. The average molecular weight is 331 g/mol. The maximum atomic E-state index is 13.0. The molecule has 2 aromatic rings. The summed E-state index contributed by atoms with van der Waals surface area (Å²) in [5, 5.41) is 0.884. The monoisotopic (exact) mass is 331 g/mol. The molecule has 122 valence electrons. The first-order chi connectivity index (χ1) is 11.1. The van der Waals surface area contributed by atoms with E-state index in [0.29, 0.717) is 24.8 Å². The third kappa shape index (κ3) is 3.38. The number of thiazole rings is 1. The molecule has 0 bridgehead atoms. The number of nitrogens with zero attached hydrogens (tertiary/aromatic N) is 2. The summed E-state index contributed by atoms with van der Waals surface area (Å²) in [5.74, 6) is 0.757. The van der Waals surface area contributed by atoms with Crippen molar-refractivity contribution in [1.82, 2.24) is 9.88 Å². The van der Waals surface area contributed by atoms with Gasteiger partial charge in [-0.1, -0.05) is 12.1 Å². The van der Waals surface area contributed by atoms with Crippen LogP contribution in [0.3, 0.4) is 0 Å². The van der Waals surface area contributed by atoms with Crippen LogP contribution in [0.1, 0.15) is 28.3 Å². The Morgan fingerprint density at radius 3 is 2.91 bits per heavy atom. The summed E-state index contributed by atoms with van der Waals surface area (Å²) in [7, 11) is 1.64. The molecule has 1 heterocycles. The summed E-state index contributed by atoms with van der Waals surface area (Å²) in [4.78, 5) is 20.2. The van der Waals surface area contributed by atoms with E-state index in [1.165, 1.54) is 11.3 Å². The molecular formula is C17H21N3O2S. The summed E-state index contributed by atoms with van der Waals surface area (Å²) in [6.45, 7) is 2.98. The van der Waals surface area contributed by atoms with Crippen LogP contribution in [0.25, 0.3) is 10.4 Å². The minimum absolute atomic E-state index is 0.0138. The second-order valence-electron chi connectivity index (χ2n) is 5.66. The molecule has 0 unspecified atom stereocenters. The highest BCUT2D eigenvalue weighted by Gasteiger charge is 2.34. The molecule has 0 atom stereocenters. The van der Waals surface area contributed by atoms with E-state index in [1.807, 2.05) is 36.1 Å². The maximum Gasteiger partial charge on any atom is 0.274 e. The number of hydrogen-bond acceptors (Lipinski definition) is 5. The lowest BCUT2D eigenvalue weighted by Crippen LogP contribution is -2.37. The molecule has 23 heavy (non-hydrogen) atoms. The Balaban J connectivity index is 1.98. The molecule has 1 saturated carbocycles. The minimum atomic E-state index is -0.0138. The highest BCUT2D eigenvalue weighted by molar-refractivity contribution is 7.15.